The normalized spacial score (nSPS) is 16.0. The second kappa shape index (κ2) is 6.22. The van der Waals surface area contributed by atoms with Crippen LogP contribution < -0.4 is 0 Å². The van der Waals surface area contributed by atoms with Crippen LogP contribution >= 0.6 is 11.6 Å². The summed E-state index contributed by atoms with van der Waals surface area (Å²) in [4.78, 5) is 15.7. The van der Waals surface area contributed by atoms with E-state index in [4.69, 9.17) is 11.6 Å². The summed E-state index contributed by atoms with van der Waals surface area (Å²) in [6, 6.07) is 1.54. The van der Waals surface area contributed by atoms with Gasteiger partial charge in [-0.2, -0.15) is 0 Å². The topological polar surface area (TPSA) is 58.9 Å². The number of aliphatic hydroxyl groups is 1. The van der Waals surface area contributed by atoms with Crippen molar-refractivity contribution in [3.63, 3.8) is 0 Å². The van der Waals surface area contributed by atoms with E-state index in [9.17, 15) is 18.7 Å². The van der Waals surface area contributed by atoms with Gasteiger partial charge in [-0.3, -0.25) is 4.99 Å². The number of hydrogen-bond acceptors (Lipinski definition) is 4. The largest absolute Gasteiger partial charge is 0.506 e. The maximum atomic E-state index is 13.3. The lowest BCUT2D eigenvalue weighted by Gasteiger charge is -2.08. The van der Waals surface area contributed by atoms with Gasteiger partial charge in [0.15, 0.2) is 11.6 Å². The van der Waals surface area contributed by atoms with Crippen LogP contribution in [0.5, 0.6) is 0 Å². The van der Waals surface area contributed by atoms with Crippen LogP contribution in [0.2, 0.25) is 5.02 Å². The summed E-state index contributed by atoms with van der Waals surface area (Å²) in [5, 5.41) is 9.90. The second-order valence-electron chi connectivity index (χ2n) is 4.51. The molecule has 1 N–H and O–H groups in total. The van der Waals surface area contributed by atoms with E-state index < -0.39 is 23.4 Å². The first-order valence-corrected chi connectivity index (χ1v) is 6.51. The number of benzene rings is 1. The van der Waals surface area contributed by atoms with Gasteiger partial charge in [0.2, 0.25) is 0 Å². The molecule has 2 rings (SSSR count). The highest BCUT2D eigenvalue weighted by atomic mass is 35.5. The van der Waals surface area contributed by atoms with Crippen LogP contribution in [0.25, 0.3) is 5.76 Å². The number of aliphatic imine (C=N–C) groups is 1. The lowest BCUT2D eigenvalue weighted by atomic mass is 10.1. The minimum atomic E-state index is -1.19. The zero-order valence-electron chi connectivity index (χ0n) is 11.1. The van der Waals surface area contributed by atoms with Gasteiger partial charge in [0.25, 0.3) is 0 Å². The summed E-state index contributed by atoms with van der Waals surface area (Å²) in [6.07, 6.45) is 2.96. The molecule has 1 aromatic rings. The van der Waals surface area contributed by atoms with Crippen LogP contribution in [-0.2, 0) is 9.53 Å². The van der Waals surface area contributed by atoms with Crippen LogP contribution in [0.1, 0.15) is 18.4 Å². The molecule has 4 nitrogen and oxygen atoms in total. The fourth-order valence-electron chi connectivity index (χ4n) is 1.57. The molecule has 1 saturated carbocycles. The van der Waals surface area contributed by atoms with Crippen molar-refractivity contribution in [2.75, 3.05) is 7.11 Å². The monoisotopic (exact) mass is 315 g/mol. The van der Waals surface area contributed by atoms with Crippen molar-refractivity contribution in [3.8, 4) is 0 Å². The van der Waals surface area contributed by atoms with Crippen LogP contribution in [0, 0.1) is 11.6 Å². The Morgan fingerprint density at radius 3 is 2.62 bits per heavy atom. The van der Waals surface area contributed by atoms with Crippen molar-refractivity contribution < 1.29 is 23.4 Å². The molecule has 1 aliphatic carbocycles. The number of esters is 1. The standard InChI is InChI=1S/C14H12ClF2NO3/c1-21-14(20)9(6-18-7-2-3-7)13(19)8-4-11(16)12(17)5-10(8)15/h4-7,19H,2-3H2,1H3. The molecule has 0 amide bonds. The van der Waals surface area contributed by atoms with E-state index in [2.05, 4.69) is 9.73 Å². The Kier molecular flexibility index (Phi) is 4.57. The molecule has 1 aromatic carbocycles. The molecule has 1 fully saturated rings. The van der Waals surface area contributed by atoms with Crippen molar-refractivity contribution in [1.82, 2.24) is 0 Å². The van der Waals surface area contributed by atoms with Crippen LogP contribution in [0.4, 0.5) is 8.78 Å². The second-order valence-corrected chi connectivity index (χ2v) is 4.92. The summed E-state index contributed by atoms with van der Waals surface area (Å²) >= 11 is 5.77. The van der Waals surface area contributed by atoms with Crippen molar-refractivity contribution in [3.05, 3.63) is 39.9 Å². The molecule has 0 heterocycles. The summed E-state index contributed by atoms with van der Waals surface area (Å²) in [5.74, 6) is -3.81. The van der Waals surface area contributed by atoms with E-state index >= 15 is 0 Å². The molecule has 0 saturated heterocycles. The molecule has 21 heavy (non-hydrogen) atoms. The van der Waals surface area contributed by atoms with E-state index in [1.165, 1.54) is 0 Å². The minimum Gasteiger partial charge on any atom is -0.506 e. The Morgan fingerprint density at radius 2 is 2.05 bits per heavy atom. The van der Waals surface area contributed by atoms with Gasteiger partial charge in [-0.1, -0.05) is 11.6 Å². The van der Waals surface area contributed by atoms with Crippen LogP contribution in [0.3, 0.4) is 0 Å². The van der Waals surface area contributed by atoms with Crippen molar-refractivity contribution >= 4 is 29.5 Å². The molecule has 0 bridgehead atoms. The lowest BCUT2D eigenvalue weighted by molar-refractivity contribution is -0.135. The number of rotatable bonds is 4. The molecule has 0 unspecified atom stereocenters. The van der Waals surface area contributed by atoms with Crippen molar-refractivity contribution in [1.29, 1.82) is 0 Å². The van der Waals surface area contributed by atoms with Crippen molar-refractivity contribution in [2.24, 2.45) is 4.99 Å². The minimum absolute atomic E-state index is 0.109. The van der Waals surface area contributed by atoms with E-state index in [1.807, 2.05) is 0 Å². The quantitative estimate of drug-likeness (QED) is 0.305. The Balaban J connectivity index is 2.49. The molecule has 112 valence electrons. The van der Waals surface area contributed by atoms with E-state index in [-0.39, 0.29) is 22.2 Å². The van der Waals surface area contributed by atoms with Gasteiger partial charge in [0.1, 0.15) is 11.3 Å². The Hall–Kier alpha value is -1.95. The molecule has 0 atom stereocenters. The van der Waals surface area contributed by atoms with Crippen molar-refractivity contribution in [2.45, 2.75) is 18.9 Å². The average Bonchev–Trinajstić information content (AvgIpc) is 3.26. The highest BCUT2D eigenvalue weighted by molar-refractivity contribution is 6.32. The third-order valence-electron chi connectivity index (χ3n) is 2.89. The fourth-order valence-corrected chi connectivity index (χ4v) is 1.81. The number of carbonyl (C=O) groups is 1. The number of halogens is 3. The third kappa shape index (κ3) is 3.58. The Labute approximate surface area is 124 Å². The molecule has 0 aliphatic heterocycles. The molecule has 0 radical (unpaired) electrons. The number of ether oxygens (including phenoxy) is 1. The maximum absolute atomic E-state index is 13.3. The van der Waals surface area contributed by atoms with Gasteiger partial charge in [0, 0.05) is 11.8 Å². The predicted octanol–water partition coefficient (Wildman–Crippen LogP) is 3.29. The van der Waals surface area contributed by atoms with E-state index in [1.54, 1.807) is 0 Å². The van der Waals surface area contributed by atoms with Gasteiger partial charge < -0.3 is 9.84 Å². The maximum Gasteiger partial charge on any atom is 0.343 e. The summed E-state index contributed by atoms with van der Waals surface area (Å²) in [6.45, 7) is 0. The van der Waals surface area contributed by atoms with Gasteiger partial charge in [-0.25, -0.2) is 13.6 Å². The molecule has 7 heteroatoms. The number of nitrogens with zero attached hydrogens (tertiary/aromatic N) is 1. The first-order valence-electron chi connectivity index (χ1n) is 6.13. The van der Waals surface area contributed by atoms with Crippen LogP contribution in [-0.4, -0.2) is 30.4 Å². The van der Waals surface area contributed by atoms with Gasteiger partial charge >= 0.3 is 5.97 Å². The van der Waals surface area contributed by atoms with Crippen LogP contribution in [0.15, 0.2) is 22.7 Å². The highest BCUT2D eigenvalue weighted by Crippen LogP contribution is 2.28. The summed E-state index contributed by atoms with van der Waals surface area (Å²) in [7, 11) is 1.13. The molecule has 1 aliphatic rings. The van der Waals surface area contributed by atoms with Gasteiger partial charge in [-0.05, 0) is 25.0 Å². The first kappa shape index (κ1) is 15.4. The Bertz CT molecular complexity index is 639. The zero-order valence-corrected chi connectivity index (χ0v) is 11.8. The van der Waals surface area contributed by atoms with Gasteiger partial charge in [-0.15, -0.1) is 0 Å². The number of hydrogen-bond donors (Lipinski definition) is 1. The van der Waals surface area contributed by atoms with Gasteiger partial charge in [0.05, 0.1) is 18.2 Å². The fraction of sp³-hybridized carbons (Fsp3) is 0.286. The molecular formula is C14H12ClF2NO3. The first-order chi connectivity index (χ1) is 9.93. The summed E-state index contributed by atoms with van der Waals surface area (Å²) < 4.78 is 30.9. The summed E-state index contributed by atoms with van der Waals surface area (Å²) in [5.41, 5.74) is -0.476. The SMILES string of the molecule is COC(=O)C(C=NC1CC1)=C(O)c1cc(F)c(F)cc1Cl. The highest BCUT2D eigenvalue weighted by Gasteiger charge is 2.23. The molecule has 0 spiro atoms. The predicted molar refractivity (Wildman–Crippen MR) is 74.4 cm³/mol. The number of methoxy groups -OCH3 is 1. The smallest absolute Gasteiger partial charge is 0.343 e. The number of aliphatic hydroxyl groups excluding tert-OH is 1. The average molecular weight is 316 g/mol. The van der Waals surface area contributed by atoms with E-state index in [0.29, 0.717) is 6.07 Å². The molecular weight excluding hydrogens is 304 g/mol. The molecule has 0 aromatic heterocycles. The van der Waals surface area contributed by atoms with E-state index in [0.717, 1.165) is 32.2 Å². The third-order valence-corrected chi connectivity index (χ3v) is 3.20. The number of carbonyl (C=O) groups excluding carboxylic acids is 1. The lowest BCUT2D eigenvalue weighted by Crippen LogP contribution is -2.10. The Morgan fingerprint density at radius 1 is 1.43 bits per heavy atom. The zero-order chi connectivity index (χ0) is 15.6.